The van der Waals surface area contributed by atoms with Crippen molar-refractivity contribution in [2.24, 2.45) is 0 Å². The number of carbonyl (C=O) groups excluding carboxylic acids is 1. The third kappa shape index (κ3) is 6.40. The molecule has 0 atom stereocenters. The normalized spacial score (nSPS) is 10.6. The Kier molecular flexibility index (Phi) is 7.26. The van der Waals surface area contributed by atoms with Crippen LogP contribution in [0.5, 0.6) is 11.5 Å². The van der Waals surface area contributed by atoms with Crippen molar-refractivity contribution in [3.05, 3.63) is 54.6 Å². The lowest BCUT2D eigenvalue weighted by atomic mass is 10.3. The molecule has 2 aromatic carbocycles. The molecule has 5 nitrogen and oxygen atoms in total. The van der Waals surface area contributed by atoms with E-state index in [0.717, 1.165) is 36.7 Å². The molecule has 0 saturated carbocycles. The van der Waals surface area contributed by atoms with Gasteiger partial charge >= 0.3 is 0 Å². The van der Waals surface area contributed by atoms with E-state index in [-0.39, 0.29) is 5.91 Å². The second-order valence-corrected chi connectivity index (χ2v) is 5.68. The van der Waals surface area contributed by atoms with Gasteiger partial charge in [-0.25, -0.2) is 0 Å². The SMILES string of the molecule is CNCCCN(C)CC(=O)Nc1ccc(Oc2ccccc2)cc1. The summed E-state index contributed by atoms with van der Waals surface area (Å²) in [7, 11) is 3.88. The van der Waals surface area contributed by atoms with Gasteiger partial charge < -0.3 is 15.4 Å². The summed E-state index contributed by atoms with van der Waals surface area (Å²) >= 11 is 0. The number of rotatable bonds is 9. The van der Waals surface area contributed by atoms with Gasteiger partial charge in [0, 0.05) is 5.69 Å². The maximum atomic E-state index is 12.0. The van der Waals surface area contributed by atoms with Crippen LogP contribution in [-0.4, -0.2) is 44.5 Å². The van der Waals surface area contributed by atoms with Gasteiger partial charge in [0.25, 0.3) is 0 Å². The minimum absolute atomic E-state index is 0.0151. The third-order valence-corrected chi connectivity index (χ3v) is 3.50. The molecule has 0 bridgehead atoms. The Morgan fingerprint density at radius 3 is 2.38 bits per heavy atom. The quantitative estimate of drug-likeness (QED) is 0.695. The first kappa shape index (κ1) is 18.0. The molecule has 1 amide bonds. The zero-order valence-corrected chi connectivity index (χ0v) is 14.3. The molecule has 0 saturated heterocycles. The molecule has 0 unspecified atom stereocenters. The van der Waals surface area contributed by atoms with Gasteiger partial charge in [0.1, 0.15) is 11.5 Å². The Hall–Kier alpha value is -2.37. The number of amides is 1. The van der Waals surface area contributed by atoms with Gasteiger partial charge in [0.15, 0.2) is 0 Å². The summed E-state index contributed by atoms with van der Waals surface area (Å²) in [4.78, 5) is 14.0. The van der Waals surface area contributed by atoms with Crippen LogP contribution in [-0.2, 0) is 4.79 Å². The minimum Gasteiger partial charge on any atom is -0.457 e. The molecule has 0 fully saturated rings. The minimum atomic E-state index is -0.0151. The summed E-state index contributed by atoms with van der Waals surface area (Å²) in [5, 5.41) is 6.00. The van der Waals surface area contributed by atoms with Crippen molar-refractivity contribution in [2.75, 3.05) is 39.0 Å². The van der Waals surface area contributed by atoms with E-state index in [1.165, 1.54) is 0 Å². The molecule has 0 aliphatic rings. The van der Waals surface area contributed by atoms with Crippen LogP contribution < -0.4 is 15.4 Å². The Morgan fingerprint density at radius 1 is 1.04 bits per heavy atom. The molecule has 0 spiro atoms. The highest BCUT2D eigenvalue weighted by Gasteiger charge is 2.07. The van der Waals surface area contributed by atoms with Crippen molar-refractivity contribution in [3.8, 4) is 11.5 Å². The first-order chi connectivity index (χ1) is 11.7. The van der Waals surface area contributed by atoms with E-state index in [2.05, 4.69) is 10.6 Å². The van der Waals surface area contributed by atoms with E-state index in [9.17, 15) is 4.79 Å². The molecule has 128 valence electrons. The van der Waals surface area contributed by atoms with E-state index >= 15 is 0 Å². The Morgan fingerprint density at radius 2 is 1.71 bits per heavy atom. The number of likely N-dealkylation sites (N-methyl/N-ethyl adjacent to an activating group) is 1. The molecular formula is C19H25N3O2. The van der Waals surface area contributed by atoms with E-state index in [4.69, 9.17) is 4.74 Å². The molecule has 5 heteroatoms. The Labute approximate surface area is 143 Å². The number of hydrogen-bond acceptors (Lipinski definition) is 4. The molecule has 0 aliphatic heterocycles. The number of hydrogen-bond donors (Lipinski definition) is 2. The van der Waals surface area contributed by atoms with Crippen molar-refractivity contribution in [1.82, 2.24) is 10.2 Å². The summed E-state index contributed by atoms with van der Waals surface area (Å²) in [5.41, 5.74) is 0.768. The number of para-hydroxylation sites is 1. The summed E-state index contributed by atoms with van der Waals surface area (Å²) in [6, 6.07) is 17.0. The molecule has 0 heterocycles. The second kappa shape index (κ2) is 9.70. The first-order valence-electron chi connectivity index (χ1n) is 8.13. The maximum absolute atomic E-state index is 12.0. The van der Waals surface area contributed by atoms with E-state index < -0.39 is 0 Å². The van der Waals surface area contributed by atoms with E-state index in [1.807, 2.05) is 73.6 Å². The van der Waals surface area contributed by atoms with Crippen LogP contribution in [0.3, 0.4) is 0 Å². The van der Waals surface area contributed by atoms with Crippen LogP contribution in [0.15, 0.2) is 54.6 Å². The predicted molar refractivity (Wildman–Crippen MR) is 97.6 cm³/mol. The average molecular weight is 327 g/mol. The van der Waals surface area contributed by atoms with Gasteiger partial charge in [-0.15, -0.1) is 0 Å². The first-order valence-corrected chi connectivity index (χ1v) is 8.13. The number of nitrogens with one attached hydrogen (secondary N) is 2. The van der Waals surface area contributed by atoms with Gasteiger partial charge in [-0.05, 0) is 70.0 Å². The lowest BCUT2D eigenvalue weighted by Crippen LogP contribution is -2.31. The van der Waals surface area contributed by atoms with Crippen molar-refractivity contribution < 1.29 is 9.53 Å². The van der Waals surface area contributed by atoms with Gasteiger partial charge in [0.05, 0.1) is 6.54 Å². The number of ether oxygens (including phenoxy) is 1. The molecule has 2 aromatic rings. The highest BCUT2D eigenvalue weighted by Crippen LogP contribution is 2.22. The molecular weight excluding hydrogens is 302 g/mol. The standard InChI is InChI=1S/C19H25N3O2/c1-20-13-6-14-22(2)15-19(23)21-16-9-11-18(12-10-16)24-17-7-4-3-5-8-17/h3-5,7-12,20H,6,13-15H2,1-2H3,(H,21,23). The molecule has 2 rings (SSSR count). The number of benzene rings is 2. The highest BCUT2D eigenvalue weighted by atomic mass is 16.5. The van der Waals surface area contributed by atoms with Crippen molar-refractivity contribution in [2.45, 2.75) is 6.42 Å². The molecule has 2 N–H and O–H groups in total. The van der Waals surface area contributed by atoms with Crippen LogP contribution in [0.4, 0.5) is 5.69 Å². The van der Waals surface area contributed by atoms with Crippen LogP contribution >= 0.6 is 0 Å². The Balaban J connectivity index is 1.79. The summed E-state index contributed by atoms with van der Waals surface area (Å²) in [6.45, 7) is 2.22. The third-order valence-electron chi connectivity index (χ3n) is 3.50. The lowest BCUT2D eigenvalue weighted by Gasteiger charge is -2.16. The molecule has 24 heavy (non-hydrogen) atoms. The molecule has 0 radical (unpaired) electrons. The van der Waals surface area contributed by atoms with Gasteiger partial charge in [-0.1, -0.05) is 18.2 Å². The predicted octanol–water partition coefficient (Wildman–Crippen LogP) is 2.96. The van der Waals surface area contributed by atoms with Gasteiger partial charge in [-0.3, -0.25) is 9.69 Å². The fourth-order valence-electron chi connectivity index (χ4n) is 2.28. The van der Waals surface area contributed by atoms with Crippen LogP contribution in [0.1, 0.15) is 6.42 Å². The number of carbonyl (C=O) groups is 1. The fourth-order valence-corrected chi connectivity index (χ4v) is 2.28. The number of anilines is 1. The van der Waals surface area contributed by atoms with Crippen molar-refractivity contribution in [3.63, 3.8) is 0 Å². The van der Waals surface area contributed by atoms with Crippen LogP contribution in [0.25, 0.3) is 0 Å². The topological polar surface area (TPSA) is 53.6 Å². The summed E-state index contributed by atoms with van der Waals surface area (Å²) < 4.78 is 5.73. The fraction of sp³-hybridized carbons (Fsp3) is 0.316. The zero-order valence-electron chi connectivity index (χ0n) is 14.3. The lowest BCUT2D eigenvalue weighted by molar-refractivity contribution is -0.117. The largest absolute Gasteiger partial charge is 0.457 e. The number of nitrogens with zero attached hydrogens (tertiary/aromatic N) is 1. The summed E-state index contributed by atoms with van der Waals surface area (Å²) in [6.07, 6.45) is 1.02. The van der Waals surface area contributed by atoms with E-state index in [0.29, 0.717) is 6.54 Å². The van der Waals surface area contributed by atoms with Gasteiger partial charge in [-0.2, -0.15) is 0 Å². The van der Waals surface area contributed by atoms with Gasteiger partial charge in [0.2, 0.25) is 5.91 Å². The molecule has 0 aliphatic carbocycles. The second-order valence-electron chi connectivity index (χ2n) is 5.68. The monoisotopic (exact) mass is 327 g/mol. The highest BCUT2D eigenvalue weighted by molar-refractivity contribution is 5.92. The summed E-state index contributed by atoms with van der Waals surface area (Å²) in [5.74, 6) is 1.51. The average Bonchev–Trinajstić information content (AvgIpc) is 2.58. The maximum Gasteiger partial charge on any atom is 0.238 e. The zero-order chi connectivity index (χ0) is 17.2. The Bertz CT molecular complexity index is 614. The van der Waals surface area contributed by atoms with Crippen molar-refractivity contribution in [1.29, 1.82) is 0 Å². The van der Waals surface area contributed by atoms with Crippen LogP contribution in [0.2, 0.25) is 0 Å². The molecule has 0 aromatic heterocycles. The smallest absolute Gasteiger partial charge is 0.238 e. The van der Waals surface area contributed by atoms with E-state index in [1.54, 1.807) is 0 Å². The van der Waals surface area contributed by atoms with Crippen molar-refractivity contribution >= 4 is 11.6 Å². The van der Waals surface area contributed by atoms with Crippen LogP contribution in [0, 0.1) is 0 Å².